The molecule has 18 heavy (non-hydrogen) atoms. The standard InChI is InChI=1S/C13H14ClFN2O/c1-8-6-17-13(18-8)9(2)16-7-10-5-11(14)3-4-12(10)15/h3-6,9,16H,7H2,1-2H3. The smallest absolute Gasteiger partial charge is 0.211 e. The molecular formula is C13H14ClFN2O. The summed E-state index contributed by atoms with van der Waals surface area (Å²) in [4.78, 5) is 4.12. The summed E-state index contributed by atoms with van der Waals surface area (Å²) in [7, 11) is 0. The van der Waals surface area contributed by atoms with E-state index >= 15 is 0 Å². The van der Waals surface area contributed by atoms with E-state index in [0.29, 0.717) is 23.0 Å². The number of hydrogen-bond acceptors (Lipinski definition) is 3. The van der Waals surface area contributed by atoms with E-state index in [0.717, 1.165) is 5.76 Å². The van der Waals surface area contributed by atoms with Crippen molar-refractivity contribution in [2.45, 2.75) is 26.4 Å². The van der Waals surface area contributed by atoms with Crippen molar-refractivity contribution in [1.82, 2.24) is 10.3 Å². The van der Waals surface area contributed by atoms with Crippen molar-refractivity contribution in [3.63, 3.8) is 0 Å². The number of rotatable bonds is 4. The molecule has 0 aliphatic carbocycles. The number of hydrogen-bond donors (Lipinski definition) is 1. The first kappa shape index (κ1) is 13.1. The molecule has 0 aliphatic rings. The van der Waals surface area contributed by atoms with Crippen LogP contribution in [0.25, 0.3) is 0 Å². The van der Waals surface area contributed by atoms with E-state index < -0.39 is 0 Å². The molecule has 1 unspecified atom stereocenters. The predicted octanol–water partition coefficient (Wildman–Crippen LogP) is 3.63. The third-order valence-corrected chi connectivity index (χ3v) is 2.85. The van der Waals surface area contributed by atoms with E-state index in [1.54, 1.807) is 12.3 Å². The van der Waals surface area contributed by atoms with Crippen LogP contribution in [0.3, 0.4) is 0 Å². The number of nitrogens with zero attached hydrogens (tertiary/aromatic N) is 1. The van der Waals surface area contributed by atoms with Gasteiger partial charge < -0.3 is 9.73 Å². The Labute approximate surface area is 110 Å². The minimum atomic E-state index is -0.275. The van der Waals surface area contributed by atoms with Crippen LogP contribution in [0, 0.1) is 12.7 Å². The molecule has 2 aromatic rings. The Kier molecular flexibility index (Phi) is 3.99. The average molecular weight is 269 g/mol. The van der Waals surface area contributed by atoms with Gasteiger partial charge in [0.2, 0.25) is 5.89 Å². The lowest BCUT2D eigenvalue weighted by Crippen LogP contribution is -2.19. The zero-order chi connectivity index (χ0) is 13.1. The van der Waals surface area contributed by atoms with Gasteiger partial charge >= 0.3 is 0 Å². The molecule has 96 valence electrons. The summed E-state index contributed by atoms with van der Waals surface area (Å²) in [5.41, 5.74) is 0.526. The highest BCUT2D eigenvalue weighted by Crippen LogP contribution is 2.17. The molecule has 5 heteroatoms. The number of aryl methyl sites for hydroxylation is 1. The number of nitrogens with one attached hydrogen (secondary N) is 1. The van der Waals surface area contributed by atoms with Crippen molar-refractivity contribution < 1.29 is 8.81 Å². The summed E-state index contributed by atoms with van der Waals surface area (Å²) in [5, 5.41) is 3.66. The van der Waals surface area contributed by atoms with E-state index in [2.05, 4.69) is 10.3 Å². The van der Waals surface area contributed by atoms with Crippen LogP contribution in [0.15, 0.2) is 28.8 Å². The first-order valence-electron chi connectivity index (χ1n) is 5.66. The van der Waals surface area contributed by atoms with Crippen LogP contribution in [0.2, 0.25) is 5.02 Å². The molecule has 3 nitrogen and oxygen atoms in total. The molecule has 1 aromatic heterocycles. The lowest BCUT2D eigenvalue weighted by molar-refractivity contribution is 0.400. The van der Waals surface area contributed by atoms with Gasteiger partial charge in [-0.2, -0.15) is 0 Å². The summed E-state index contributed by atoms with van der Waals surface area (Å²) >= 11 is 5.83. The van der Waals surface area contributed by atoms with E-state index in [4.69, 9.17) is 16.0 Å². The Morgan fingerprint density at radius 3 is 2.94 bits per heavy atom. The van der Waals surface area contributed by atoms with Gasteiger partial charge in [0.15, 0.2) is 0 Å². The highest BCUT2D eigenvalue weighted by atomic mass is 35.5. The lowest BCUT2D eigenvalue weighted by atomic mass is 10.2. The summed E-state index contributed by atoms with van der Waals surface area (Å²) in [6.07, 6.45) is 1.66. The zero-order valence-electron chi connectivity index (χ0n) is 10.2. The van der Waals surface area contributed by atoms with Crippen molar-refractivity contribution in [2.24, 2.45) is 0 Å². The fourth-order valence-electron chi connectivity index (χ4n) is 1.60. The van der Waals surface area contributed by atoms with Gasteiger partial charge in [-0.25, -0.2) is 9.37 Å². The van der Waals surface area contributed by atoms with E-state index in [-0.39, 0.29) is 11.9 Å². The van der Waals surface area contributed by atoms with Crippen molar-refractivity contribution in [1.29, 1.82) is 0 Å². The van der Waals surface area contributed by atoms with Crippen LogP contribution < -0.4 is 5.32 Å². The number of aromatic nitrogens is 1. The van der Waals surface area contributed by atoms with Crippen molar-refractivity contribution in [3.05, 3.63) is 52.5 Å². The minimum Gasteiger partial charge on any atom is -0.444 e. The summed E-state index contributed by atoms with van der Waals surface area (Å²) < 4.78 is 18.9. The van der Waals surface area contributed by atoms with Gasteiger partial charge in [0.05, 0.1) is 12.2 Å². The molecule has 0 spiro atoms. The lowest BCUT2D eigenvalue weighted by Gasteiger charge is -2.11. The second-order valence-electron chi connectivity index (χ2n) is 4.15. The third kappa shape index (κ3) is 3.09. The molecule has 2 rings (SSSR count). The number of oxazole rings is 1. The SMILES string of the molecule is Cc1cnc(C(C)NCc2cc(Cl)ccc2F)o1. The molecule has 0 saturated heterocycles. The maximum absolute atomic E-state index is 13.5. The van der Waals surface area contributed by atoms with E-state index in [1.165, 1.54) is 12.1 Å². The highest BCUT2D eigenvalue weighted by Gasteiger charge is 2.11. The summed E-state index contributed by atoms with van der Waals surface area (Å²) in [6, 6.07) is 4.41. The van der Waals surface area contributed by atoms with Crippen LogP contribution in [0.5, 0.6) is 0 Å². The Morgan fingerprint density at radius 1 is 1.50 bits per heavy atom. The molecule has 0 fully saturated rings. The zero-order valence-corrected chi connectivity index (χ0v) is 11.0. The largest absolute Gasteiger partial charge is 0.444 e. The van der Waals surface area contributed by atoms with E-state index in [1.807, 2.05) is 13.8 Å². The Morgan fingerprint density at radius 2 is 2.28 bits per heavy atom. The average Bonchev–Trinajstić information content (AvgIpc) is 2.77. The van der Waals surface area contributed by atoms with Gasteiger partial charge in [-0.15, -0.1) is 0 Å². The second-order valence-corrected chi connectivity index (χ2v) is 4.58. The predicted molar refractivity (Wildman–Crippen MR) is 67.9 cm³/mol. The van der Waals surface area contributed by atoms with Crippen LogP contribution in [0.4, 0.5) is 4.39 Å². The first-order valence-corrected chi connectivity index (χ1v) is 6.03. The minimum absolute atomic E-state index is 0.0860. The van der Waals surface area contributed by atoms with Crippen LogP contribution in [-0.4, -0.2) is 4.98 Å². The molecule has 1 atom stereocenters. The van der Waals surface area contributed by atoms with Gasteiger partial charge in [0.25, 0.3) is 0 Å². The van der Waals surface area contributed by atoms with Gasteiger partial charge in [-0.3, -0.25) is 0 Å². The molecule has 0 radical (unpaired) electrons. The molecule has 1 aromatic carbocycles. The number of benzene rings is 1. The molecule has 1 N–H and O–H groups in total. The second kappa shape index (κ2) is 5.50. The monoisotopic (exact) mass is 268 g/mol. The molecule has 0 bridgehead atoms. The molecule has 1 heterocycles. The van der Waals surface area contributed by atoms with Crippen LogP contribution >= 0.6 is 11.6 Å². The highest BCUT2D eigenvalue weighted by molar-refractivity contribution is 6.30. The maximum atomic E-state index is 13.5. The van der Waals surface area contributed by atoms with E-state index in [9.17, 15) is 4.39 Å². The summed E-state index contributed by atoms with van der Waals surface area (Å²) in [6.45, 7) is 4.11. The van der Waals surface area contributed by atoms with Crippen molar-refractivity contribution in [2.75, 3.05) is 0 Å². The summed E-state index contributed by atoms with van der Waals surface area (Å²) in [5.74, 6) is 1.07. The Bertz CT molecular complexity index is 542. The van der Waals surface area contributed by atoms with Crippen LogP contribution in [0.1, 0.15) is 30.2 Å². The maximum Gasteiger partial charge on any atom is 0.211 e. The van der Waals surface area contributed by atoms with Gasteiger partial charge in [-0.05, 0) is 32.0 Å². The topological polar surface area (TPSA) is 38.1 Å². The molecule has 0 amide bonds. The Balaban J connectivity index is 2.01. The Hall–Kier alpha value is -1.39. The quantitative estimate of drug-likeness (QED) is 0.920. The van der Waals surface area contributed by atoms with Gasteiger partial charge in [0.1, 0.15) is 11.6 Å². The van der Waals surface area contributed by atoms with Gasteiger partial charge in [-0.1, -0.05) is 11.6 Å². The normalized spacial score (nSPS) is 12.7. The van der Waals surface area contributed by atoms with Crippen molar-refractivity contribution >= 4 is 11.6 Å². The fourth-order valence-corrected chi connectivity index (χ4v) is 1.80. The van der Waals surface area contributed by atoms with Crippen molar-refractivity contribution in [3.8, 4) is 0 Å². The van der Waals surface area contributed by atoms with Gasteiger partial charge in [0, 0.05) is 17.1 Å². The molecule has 0 saturated carbocycles. The van der Waals surface area contributed by atoms with Crippen LogP contribution in [-0.2, 0) is 6.54 Å². The molecular weight excluding hydrogens is 255 g/mol. The third-order valence-electron chi connectivity index (χ3n) is 2.62. The molecule has 0 aliphatic heterocycles. The fraction of sp³-hybridized carbons (Fsp3) is 0.308. The number of halogens is 2. The first-order chi connectivity index (χ1) is 8.56.